The fourth-order valence-electron chi connectivity index (χ4n) is 4.12. The SMILES string of the molecule is CCN(CC)C(=O)c1cccc(NC(=O)CN2CCC(Cc3ccccc3)CC2)c1. The highest BCUT2D eigenvalue weighted by atomic mass is 16.2. The summed E-state index contributed by atoms with van der Waals surface area (Å²) in [5.74, 6) is 0.662. The van der Waals surface area contributed by atoms with Crippen molar-refractivity contribution in [3.63, 3.8) is 0 Å². The number of hydrogen-bond acceptors (Lipinski definition) is 3. The molecule has 2 aromatic carbocycles. The summed E-state index contributed by atoms with van der Waals surface area (Å²) in [5, 5.41) is 2.96. The lowest BCUT2D eigenvalue weighted by Gasteiger charge is -2.31. The van der Waals surface area contributed by atoms with Crippen LogP contribution in [0.4, 0.5) is 5.69 Å². The molecule has 0 bridgehead atoms. The van der Waals surface area contributed by atoms with Gasteiger partial charge in [0.1, 0.15) is 0 Å². The standard InChI is InChI=1S/C25H33N3O2/c1-3-28(4-2)25(30)22-11-8-12-23(18-22)26-24(29)19-27-15-13-21(14-16-27)17-20-9-6-5-7-10-20/h5-12,18,21H,3-4,13-17,19H2,1-2H3,(H,26,29). The maximum Gasteiger partial charge on any atom is 0.253 e. The van der Waals surface area contributed by atoms with Crippen molar-refractivity contribution in [3.8, 4) is 0 Å². The van der Waals surface area contributed by atoms with Crippen molar-refractivity contribution < 1.29 is 9.59 Å². The van der Waals surface area contributed by atoms with E-state index in [1.165, 1.54) is 5.56 Å². The number of rotatable bonds is 8. The average molecular weight is 408 g/mol. The van der Waals surface area contributed by atoms with Gasteiger partial charge in [-0.3, -0.25) is 14.5 Å². The average Bonchev–Trinajstić information content (AvgIpc) is 2.77. The van der Waals surface area contributed by atoms with Crippen LogP contribution in [0.5, 0.6) is 0 Å². The first-order valence-corrected chi connectivity index (χ1v) is 11.0. The highest BCUT2D eigenvalue weighted by molar-refractivity contribution is 5.97. The van der Waals surface area contributed by atoms with Gasteiger partial charge in [0.2, 0.25) is 5.91 Å². The molecule has 0 radical (unpaired) electrons. The van der Waals surface area contributed by atoms with Gasteiger partial charge in [-0.1, -0.05) is 36.4 Å². The number of hydrogen-bond donors (Lipinski definition) is 1. The molecule has 5 nitrogen and oxygen atoms in total. The van der Waals surface area contributed by atoms with E-state index in [9.17, 15) is 9.59 Å². The molecule has 1 aliphatic heterocycles. The normalized spacial score (nSPS) is 15.0. The van der Waals surface area contributed by atoms with Gasteiger partial charge in [0.15, 0.2) is 0 Å². The molecular weight excluding hydrogens is 374 g/mol. The fraction of sp³-hybridized carbons (Fsp3) is 0.440. The van der Waals surface area contributed by atoms with Crippen LogP contribution < -0.4 is 5.32 Å². The lowest BCUT2D eigenvalue weighted by molar-refractivity contribution is -0.117. The lowest BCUT2D eigenvalue weighted by atomic mass is 9.90. The van der Waals surface area contributed by atoms with Crippen molar-refractivity contribution in [1.82, 2.24) is 9.80 Å². The third-order valence-corrected chi connectivity index (χ3v) is 5.89. The summed E-state index contributed by atoms with van der Waals surface area (Å²) >= 11 is 0. The molecule has 0 spiro atoms. The fourth-order valence-corrected chi connectivity index (χ4v) is 4.12. The maximum atomic E-state index is 12.5. The van der Waals surface area contributed by atoms with Crippen LogP contribution in [0.25, 0.3) is 0 Å². The zero-order valence-corrected chi connectivity index (χ0v) is 18.1. The molecule has 0 aromatic heterocycles. The smallest absolute Gasteiger partial charge is 0.253 e. The van der Waals surface area contributed by atoms with Crippen molar-refractivity contribution in [2.75, 3.05) is 38.0 Å². The Morgan fingerprint density at radius 2 is 1.70 bits per heavy atom. The van der Waals surface area contributed by atoms with E-state index in [0.29, 0.717) is 36.8 Å². The van der Waals surface area contributed by atoms with E-state index in [1.54, 1.807) is 17.0 Å². The van der Waals surface area contributed by atoms with E-state index in [1.807, 2.05) is 26.0 Å². The topological polar surface area (TPSA) is 52.7 Å². The van der Waals surface area contributed by atoms with Crippen LogP contribution in [0.2, 0.25) is 0 Å². The summed E-state index contributed by atoms with van der Waals surface area (Å²) in [6.45, 7) is 7.58. The first-order valence-electron chi connectivity index (χ1n) is 11.0. The molecule has 1 aliphatic rings. The van der Waals surface area contributed by atoms with Gasteiger partial charge in [-0.25, -0.2) is 0 Å². The zero-order valence-electron chi connectivity index (χ0n) is 18.1. The van der Waals surface area contributed by atoms with Crippen LogP contribution in [-0.4, -0.2) is 54.3 Å². The third-order valence-electron chi connectivity index (χ3n) is 5.89. The minimum absolute atomic E-state index is 0.00316. The number of nitrogens with one attached hydrogen (secondary N) is 1. The minimum Gasteiger partial charge on any atom is -0.339 e. The van der Waals surface area contributed by atoms with Crippen molar-refractivity contribution in [1.29, 1.82) is 0 Å². The van der Waals surface area contributed by atoms with Gasteiger partial charge in [0.25, 0.3) is 5.91 Å². The molecule has 2 aromatic rings. The zero-order chi connectivity index (χ0) is 21.3. The molecule has 0 saturated carbocycles. The number of nitrogens with zero attached hydrogens (tertiary/aromatic N) is 2. The summed E-state index contributed by atoms with van der Waals surface area (Å²) in [6, 6.07) is 17.9. The van der Waals surface area contributed by atoms with E-state index in [-0.39, 0.29) is 11.8 Å². The molecule has 1 saturated heterocycles. The first-order chi connectivity index (χ1) is 14.6. The Morgan fingerprint density at radius 3 is 2.37 bits per heavy atom. The van der Waals surface area contributed by atoms with Crippen molar-refractivity contribution in [2.45, 2.75) is 33.1 Å². The van der Waals surface area contributed by atoms with Crippen molar-refractivity contribution in [3.05, 3.63) is 65.7 Å². The molecule has 0 atom stereocenters. The molecule has 1 fully saturated rings. The highest BCUT2D eigenvalue weighted by Crippen LogP contribution is 2.21. The Labute approximate surface area is 180 Å². The van der Waals surface area contributed by atoms with E-state index in [0.717, 1.165) is 32.4 Å². The number of carbonyl (C=O) groups excluding carboxylic acids is 2. The van der Waals surface area contributed by atoms with Crippen LogP contribution in [0.15, 0.2) is 54.6 Å². The first kappa shape index (κ1) is 22.0. The summed E-state index contributed by atoms with van der Waals surface area (Å²) in [6.07, 6.45) is 3.36. The van der Waals surface area contributed by atoms with Gasteiger partial charge in [-0.15, -0.1) is 0 Å². The monoisotopic (exact) mass is 407 g/mol. The predicted molar refractivity (Wildman–Crippen MR) is 122 cm³/mol. The molecule has 0 unspecified atom stereocenters. The largest absolute Gasteiger partial charge is 0.339 e. The van der Waals surface area contributed by atoms with E-state index < -0.39 is 0 Å². The minimum atomic E-state index is -0.0241. The molecular formula is C25H33N3O2. The van der Waals surface area contributed by atoms with Crippen molar-refractivity contribution >= 4 is 17.5 Å². The van der Waals surface area contributed by atoms with Crippen LogP contribution in [0.3, 0.4) is 0 Å². The molecule has 1 heterocycles. The second kappa shape index (κ2) is 10.9. The van der Waals surface area contributed by atoms with Gasteiger partial charge in [-0.2, -0.15) is 0 Å². The van der Waals surface area contributed by atoms with E-state index >= 15 is 0 Å². The van der Waals surface area contributed by atoms with Gasteiger partial charge in [0, 0.05) is 24.3 Å². The van der Waals surface area contributed by atoms with E-state index in [4.69, 9.17) is 0 Å². The lowest BCUT2D eigenvalue weighted by Crippen LogP contribution is -2.39. The Kier molecular flexibility index (Phi) is 8.03. The van der Waals surface area contributed by atoms with Gasteiger partial charge in [0.05, 0.1) is 6.54 Å². The Hall–Kier alpha value is -2.66. The molecule has 30 heavy (non-hydrogen) atoms. The van der Waals surface area contributed by atoms with Crippen LogP contribution >= 0.6 is 0 Å². The Morgan fingerprint density at radius 1 is 1.00 bits per heavy atom. The number of likely N-dealkylation sites (tertiary alicyclic amines) is 1. The Bertz CT molecular complexity index is 825. The van der Waals surface area contributed by atoms with Crippen molar-refractivity contribution in [2.24, 2.45) is 5.92 Å². The highest BCUT2D eigenvalue weighted by Gasteiger charge is 2.21. The van der Waals surface area contributed by atoms with Crippen LogP contribution in [0, 0.1) is 5.92 Å². The molecule has 160 valence electrons. The number of amides is 2. The second-order valence-electron chi connectivity index (χ2n) is 8.02. The number of carbonyl (C=O) groups is 2. The Balaban J connectivity index is 1.47. The molecule has 5 heteroatoms. The van der Waals surface area contributed by atoms with E-state index in [2.05, 4.69) is 40.5 Å². The van der Waals surface area contributed by atoms with Gasteiger partial charge < -0.3 is 10.2 Å². The second-order valence-corrected chi connectivity index (χ2v) is 8.02. The number of benzene rings is 2. The number of anilines is 1. The van der Waals surface area contributed by atoms with Gasteiger partial charge >= 0.3 is 0 Å². The quantitative estimate of drug-likeness (QED) is 0.718. The molecule has 3 rings (SSSR count). The predicted octanol–water partition coefficient (Wildman–Crippen LogP) is 4.06. The molecule has 2 amide bonds. The third kappa shape index (κ3) is 6.17. The van der Waals surface area contributed by atoms with Crippen LogP contribution in [-0.2, 0) is 11.2 Å². The molecule has 1 N–H and O–H groups in total. The molecule has 0 aliphatic carbocycles. The van der Waals surface area contributed by atoms with Crippen LogP contribution in [0.1, 0.15) is 42.6 Å². The summed E-state index contributed by atoms with van der Waals surface area (Å²) < 4.78 is 0. The maximum absolute atomic E-state index is 12.5. The summed E-state index contributed by atoms with van der Waals surface area (Å²) in [5.41, 5.74) is 2.68. The summed E-state index contributed by atoms with van der Waals surface area (Å²) in [4.78, 5) is 29.1. The number of piperidine rings is 1. The van der Waals surface area contributed by atoms with Gasteiger partial charge in [-0.05, 0) is 75.9 Å². The summed E-state index contributed by atoms with van der Waals surface area (Å²) in [7, 11) is 0.